The Morgan fingerprint density at radius 2 is 1.45 bits per heavy atom. The van der Waals surface area contributed by atoms with Gasteiger partial charge in [-0.3, -0.25) is 4.90 Å². The zero-order chi connectivity index (χ0) is 16.6. The first-order valence-electron chi connectivity index (χ1n) is 6.69. The van der Waals surface area contributed by atoms with Crippen molar-refractivity contribution in [3.8, 4) is 0 Å². The van der Waals surface area contributed by atoms with Crippen molar-refractivity contribution in [1.82, 2.24) is 4.90 Å². The van der Waals surface area contributed by atoms with Crippen LogP contribution in [-0.2, 0) is 12.7 Å². The van der Waals surface area contributed by atoms with Crippen LogP contribution in [0.25, 0.3) is 0 Å². The molecule has 0 spiro atoms. The van der Waals surface area contributed by atoms with Crippen molar-refractivity contribution in [2.24, 2.45) is 0 Å². The van der Waals surface area contributed by atoms with E-state index in [0.717, 1.165) is 12.1 Å². The summed E-state index contributed by atoms with van der Waals surface area (Å²) in [6, 6.07) is 4.53. The molecule has 0 bridgehead atoms. The Labute approximate surface area is 123 Å². The van der Waals surface area contributed by atoms with Gasteiger partial charge in [-0.25, -0.2) is 0 Å². The van der Waals surface area contributed by atoms with Crippen LogP contribution in [0, 0.1) is 0 Å². The highest BCUT2D eigenvalue weighted by atomic mass is 19.4. The predicted molar refractivity (Wildman–Crippen MR) is 67.0 cm³/mol. The van der Waals surface area contributed by atoms with Crippen LogP contribution >= 0.6 is 0 Å². The van der Waals surface area contributed by atoms with E-state index < -0.39 is 36.4 Å². The molecule has 1 aliphatic heterocycles. The monoisotopic (exact) mass is 327 g/mol. The molecule has 1 saturated heterocycles. The lowest BCUT2D eigenvalue weighted by Gasteiger charge is -2.39. The minimum atomic E-state index is -4.66. The maximum absolute atomic E-state index is 12.7. The molecule has 0 aromatic heterocycles. The minimum Gasteiger partial charge on any atom is -0.380 e. The predicted octanol–water partition coefficient (Wildman–Crippen LogP) is 3.59. The largest absolute Gasteiger partial charge is 0.417 e. The fourth-order valence-electron chi connectivity index (χ4n) is 2.42. The normalized spacial score (nSPS) is 20.1. The van der Waals surface area contributed by atoms with Gasteiger partial charge in [-0.15, -0.1) is 0 Å². The number of hydrogen-bond donors (Lipinski definition) is 1. The van der Waals surface area contributed by atoms with Crippen molar-refractivity contribution in [1.29, 1.82) is 0 Å². The van der Waals surface area contributed by atoms with Crippen LogP contribution in [-0.4, -0.2) is 34.9 Å². The maximum Gasteiger partial charge on any atom is 0.417 e. The van der Waals surface area contributed by atoms with E-state index in [0.29, 0.717) is 5.56 Å². The standard InChI is InChI=1S/C14H15F6NO/c15-13(16,17)11-3-1-10(2-4-11)9-21-7-5-12(22,6-8-21)14(18,19)20/h1-4,22H,5-9H2. The summed E-state index contributed by atoms with van der Waals surface area (Å²) in [6.07, 6.45) is -9.94. The fraction of sp³-hybridized carbons (Fsp3) is 0.571. The van der Waals surface area contributed by atoms with Crippen molar-refractivity contribution in [3.05, 3.63) is 35.4 Å². The van der Waals surface area contributed by atoms with E-state index in [2.05, 4.69) is 0 Å². The third-order valence-electron chi connectivity index (χ3n) is 3.90. The smallest absolute Gasteiger partial charge is 0.380 e. The van der Waals surface area contributed by atoms with Gasteiger partial charge in [0.15, 0.2) is 5.60 Å². The number of hydrogen-bond acceptors (Lipinski definition) is 2. The van der Waals surface area contributed by atoms with Crippen LogP contribution in [0.4, 0.5) is 26.3 Å². The second-order valence-corrected chi connectivity index (χ2v) is 5.50. The molecule has 0 atom stereocenters. The van der Waals surface area contributed by atoms with Crippen LogP contribution in [0.15, 0.2) is 24.3 Å². The van der Waals surface area contributed by atoms with Crippen molar-refractivity contribution < 1.29 is 31.4 Å². The number of aliphatic hydroxyl groups is 1. The highest BCUT2D eigenvalue weighted by molar-refractivity contribution is 5.24. The third-order valence-corrected chi connectivity index (χ3v) is 3.90. The molecule has 22 heavy (non-hydrogen) atoms. The molecule has 0 saturated carbocycles. The quantitative estimate of drug-likeness (QED) is 0.839. The van der Waals surface area contributed by atoms with Gasteiger partial charge in [0.25, 0.3) is 0 Å². The number of nitrogens with zero attached hydrogens (tertiary/aromatic N) is 1. The van der Waals surface area contributed by atoms with Crippen LogP contribution < -0.4 is 0 Å². The number of benzene rings is 1. The van der Waals surface area contributed by atoms with E-state index in [9.17, 15) is 31.4 Å². The average molecular weight is 327 g/mol. The topological polar surface area (TPSA) is 23.5 Å². The van der Waals surface area contributed by atoms with Gasteiger partial charge in [-0.05, 0) is 30.5 Å². The summed E-state index contributed by atoms with van der Waals surface area (Å²) in [5.41, 5.74) is -2.84. The van der Waals surface area contributed by atoms with E-state index in [1.54, 1.807) is 4.90 Å². The van der Waals surface area contributed by atoms with E-state index in [1.165, 1.54) is 12.1 Å². The molecule has 1 N–H and O–H groups in total. The zero-order valence-corrected chi connectivity index (χ0v) is 11.5. The van der Waals surface area contributed by atoms with E-state index in [-0.39, 0.29) is 19.6 Å². The molecule has 124 valence electrons. The highest BCUT2D eigenvalue weighted by Gasteiger charge is 2.54. The molecule has 0 amide bonds. The molecule has 8 heteroatoms. The Morgan fingerprint density at radius 3 is 1.86 bits per heavy atom. The molecule has 1 aromatic rings. The van der Waals surface area contributed by atoms with Crippen LogP contribution in [0.2, 0.25) is 0 Å². The number of piperidine rings is 1. The lowest BCUT2D eigenvalue weighted by molar-refractivity contribution is -0.272. The van der Waals surface area contributed by atoms with Gasteiger partial charge in [0.2, 0.25) is 0 Å². The van der Waals surface area contributed by atoms with Gasteiger partial charge >= 0.3 is 12.4 Å². The average Bonchev–Trinajstić information content (AvgIpc) is 2.40. The Hall–Kier alpha value is -1.28. The molecule has 2 nitrogen and oxygen atoms in total. The lowest BCUT2D eigenvalue weighted by atomic mass is 9.90. The third kappa shape index (κ3) is 3.73. The van der Waals surface area contributed by atoms with Gasteiger partial charge in [-0.2, -0.15) is 26.3 Å². The number of likely N-dealkylation sites (tertiary alicyclic amines) is 1. The highest BCUT2D eigenvalue weighted by Crippen LogP contribution is 2.38. The molecular weight excluding hydrogens is 312 g/mol. The first kappa shape index (κ1) is 17.1. The Bertz CT molecular complexity index is 500. The fourth-order valence-corrected chi connectivity index (χ4v) is 2.42. The summed E-state index contributed by atoms with van der Waals surface area (Å²) in [5.74, 6) is 0. The SMILES string of the molecule is OC1(C(F)(F)F)CCN(Cc2ccc(C(F)(F)F)cc2)CC1. The Balaban J connectivity index is 1.94. The molecule has 1 aromatic carbocycles. The lowest BCUT2D eigenvalue weighted by Crippen LogP contribution is -2.53. The molecule has 0 unspecified atom stereocenters. The van der Waals surface area contributed by atoms with E-state index >= 15 is 0 Å². The molecule has 0 aliphatic carbocycles. The van der Waals surface area contributed by atoms with E-state index in [4.69, 9.17) is 0 Å². The van der Waals surface area contributed by atoms with Crippen molar-refractivity contribution in [2.75, 3.05) is 13.1 Å². The summed E-state index contributed by atoms with van der Waals surface area (Å²) < 4.78 is 75.3. The summed E-state index contributed by atoms with van der Waals surface area (Å²) in [5, 5.41) is 9.54. The molecule has 1 fully saturated rings. The summed E-state index contributed by atoms with van der Waals surface area (Å²) >= 11 is 0. The molecule has 2 rings (SSSR count). The minimum absolute atomic E-state index is 0.0387. The Morgan fingerprint density at radius 1 is 0.955 bits per heavy atom. The summed E-state index contributed by atoms with van der Waals surface area (Å²) in [6.45, 7) is 0.333. The van der Waals surface area contributed by atoms with Gasteiger partial charge in [0.1, 0.15) is 0 Å². The first-order valence-corrected chi connectivity index (χ1v) is 6.69. The van der Waals surface area contributed by atoms with Crippen LogP contribution in [0.3, 0.4) is 0 Å². The van der Waals surface area contributed by atoms with Crippen LogP contribution in [0.5, 0.6) is 0 Å². The summed E-state index contributed by atoms with van der Waals surface area (Å²) in [4.78, 5) is 1.68. The van der Waals surface area contributed by atoms with Crippen LogP contribution in [0.1, 0.15) is 24.0 Å². The van der Waals surface area contributed by atoms with Gasteiger partial charge in [0.05, 0.1) is 5.56 Å². The van der Waals surface area contributed by atoms with E-state index in [1.807, 2.05) is 0 Å². The van der Waals surface area contributed by atoms with Crippen molar-refractivity contribution in [2.45, 2.75) is 37.3 Å². The molecular formula is C14H15F6NO. The molecule has 0 radical (unpaired) electrons. The van der Waals surface area contributed by atoms with Gasteiger partial charge in [-0.1, -0.05) is 12.1 Å². The van der Waals surface area contributed by atoms with Crippen molar-refractivity contribution >= 4 is 0 Å². The van der Waals surface area contributed by atoms with Crippen molar-refractivity contribution in [3.63, 3.8) is 0 Å². The number of halogens is 6. The number of rotatable bonds is 2. The van der Waals surface area contributed by atoms with Gasteiger partial charge < -0.3 is 5.11 Å². The second-order valence-electron chi connectivity index (χ2n) is 5.50. The Kier molecular flexibility index (Phi) is 4.45. The second kappa shape index (κ2) is 5.73. The van der Waals surface area contributed by atoms with Gasteiger partial charge in [0, 0.05) is 19.6 Å². The molecule has 1 aliphatic rings. The molecule has 1 heterocycles. The summed E-state index contributed by atoms with van der Waals surface area (Å²) in [7, 11) is 0. The number of alkyl halides is 6. The first-order chi connectivity index (χ1) is 10.0. The maximum atomic E-state index is 12.7. The zero-order valence-electron chi connectivity index (χ0n) is 11.5.